The van der Waals surface area contributed by atoms with Crippen LogP contribution in [-0.4, -0.2) is 102 Å². The van der Waals surface area contributed by atoms with Crippen LogP contribution >= 0.6 is 11.6 Å². The molecule has 2 N–H and O–H groups in total. The quantitative estimate of drug-likeness (QED) is 0.307. The maximum atomic E-state index is 13.6. The van der Waals surface area contributed by atoms with E-state index in [9.17, 15) is 22.8 Å². The van der Waals surface area contributed by atoms with Crippen LogP contribution < -0.4 is 20.3 Å². The third-order valence-electron chi connectivity index (χ3n) is 9.99. The Hall–Kier alpha value is -3.92. The second-order valence-corrected chi connectivity index (χ2v) is 17.2. The van der Waals surface area contributed by atoms with Gasteiger partial charge < -0.3 is 14.8 Å². The van der Waals surface area contributed by atoms with E-state index < -0.39 is 27.7 Å². The summed E-state index contributed by atoms with van der Waals surface area (Å²) in [5.74, 6) is 0.955. The van der Waals surface area contributed by atoms with E-state index >= 15 is 0 Å². The van der Waals surface area contributed by atoms with E-state index in [0.717, 1.165) is 36.8 Å². The number of nitrogens with one attached hydrogen (secondary N) is 2. The summed E-state index contributed by atoms with van der Waals surface area (Å²) >= 11 is 6.47. The van der Waals surface area contributed by atoms with E-state index in [-0.39, 0.29) is 42.4 Å². The van der Waals surface area contributed by atoms with Crippen LogP contribution in [0.3, 0.4) is 0 Å². The fourth-order valence-corrected chi connectivity index (χ4v) is 8.74. The molecule has 0 radical (unpaired) electrons. The van der Waals surface area contributed by atoms with Crippen LogP contribution in [0.4, 0.5) is 15.4 Å². The first-order valence-corrected chi connectivity index (χ1v) is 19.6. The fraction of sp³-hybridized carbons (Fsp3) is 0.556. The highest BCUT2D eigenvalue weighted by Crippen LogP contribution is 2.35. The number of amides is 4. The van der Waals surface area contributed by atoms with E-state index in [0.29, 0.717) is 48.5 Å². The molecule has 0 spiro atoms. The van der Waals surface area contributed by atoms with Crippen molar-refractivity contribution in [3.8, 4) is 5.75 Å². The molecule has 3 aliphatic rings. The Labute approximate surface area is 309 Å². The Morgan fingerprint density at radius 2 is 1.75 bits per heavy atom. The summed E-state index contributed by atoms with van der Waals surface area (Å²) in [5.41, 5.74) is 1.54. The second-order valence-electron chi connectivity index (χ2n) is 14.9. The van der Waals surface area contributed by atoms with Gasteiger partial charge in [-0.2, -0.15) is 9.40 Å². The number of imide groups is 1. The molecule has 1 atom stereocenters. The molecular weight excluding hydrogens is 710 g/mol. The van der Waals surface area contributed by atoms with Gasteiger partial charge in [0.15, 0.2) is 5.82 Å². The number of fused-ring (bicyclic) bond motifs is 1. The number of rotatable bonds is 9. The first-order valence-electron chi connectivity index (χ1n) is 17.8. The Kier molecular flexibility index (Phi) is 11.1. The molecule has 282 valence electrons. The average Bonchev–Trinajstić information content (AvgIpc) is 3.42. The van der Waals surface area contributed by atoms with Gasteiger partial charge >= 0.3 is 12.1 Å². The Morgan fingerprint density at radius 3 is 2.42 bits per heavy atom. The number of halogens is 1. The van der Waals surface area contributed by atoms with Crippen molar-refractivity contribution in [1.29, 1.82) is 0 Å². The zero-order chi connectivity index (χ0) is 37.4. The van der Waals surface area contributed by atoms with Crippen molar-refractivity contribution >= 4 is 56.4 Å². The monoisotopic (exact) mass is 757 g/mol. The molecule has 3 aliphatic heterocycles. The van der Waals surface area contributed by atoms with Crippen LogP contribution in [0.5, 0.6) is 5.75 Å². The van der Waals surface area contributed by atoms with Gasteiger partial charge in [0.25, 0.3) is 0 Å². The molecule has 0 saturated carbocycles. The lowest BCUT2D eigenvalue weighted by Gasteiger charge is -2.36. The topological polar surface area (TPSA) is 155 Å². The highest BCUT2D eigenvalue weighted by atomic mass is 35.5. The van der Waals surface area contributed by atoms with E-state index in [1.54, 1.807) is 31.5 Å². The molecule has 1 unspecified atom stereocenters. The number of carbonyl (C=O) groups is 3. The van der Waals surface area contributed by atoms with Crippen molar-refractivity contribution in [1.82, 2.24) is 29.6 Å². The molecule has 14 nitrogen and oxygen atoms in total. The molecule has 2 aromatic carbocycles. The number of urea groups is 1. The second kappa shape index (κ2) is 15.2. The number of aromatic nitrogens is 2. The van der Waals surface area contributed by atoms with E-state index in [2.05, 4.69) is 39.7 Å². The van der Waals surface area contributed by atoms with Gasteiger partial charge in [0, 0.05) is 56.6 Å². The molecule has 1 aromatic heterocycles. The maximum absolute atomic E-state index is 13.6. The van der Waals surface area contributed by atoms with Crippen LogP contribution in [0.1, 0.15) is 71.3 Å². The summed E-state index contributed by atoms with van der Waals surface area (Å²) in [7, 11) is -1.93. The SMILES string of the molecule is CC(COc1cc(S(=O)(=O)N2CCC(NC(=O)OC(C)(C)C)CC2)ccc1Cl)N1CCC(c2ccc3c(N4CCC(=O)NC4=O)nn(C)c3c2)CC1. The zero-order valence-electron chi connectivity index (χ0n) is 30.4. The predicted octanol–water partition coefficient (Wildman–Crippen LogP) is 5.00. The molecule has 3 fully saturated rings. The third-order valence-corrected chi connectivity index (χ3v) is 12.2. The number of piperidine rings is 2. The van der Waals surface area contributed by atoms with Gasteiger partial charge in [-0.1, -0.05) is 17.7 Å². The van der Waals surface area contributed by atoms with Crippen molar-refractivity contribution in [3.63, 3.8) is 0 Å². The number of alkyl carbamates (subject to hydrolysis) is 1. The number of likely N-dealkylation sites (tertiary alicyclic amines) is 1. The van der Waals surface area contributed by atoms with E-state index in [4.69, 9.17) is 21.1 Å². The Morgan fingerprint density at radius 1 is 1.04 bits per heavy atom. The summed E-state index contributed by atoms with van der Waals surface area (Å²) in [4.78, 5) is 40.3. The lowest BCUT2D eigenvalue weighted by molar-refractivity contribution is -0.120. The highest BCUT2D eigenvalue weighted by Gasteiger charge is 2.32. The largest absolute Gasteiger partial charge is 0.490 e. The lowest BCUT2D eigenvalue weighted by Crippen LogP contribution is -2.49. The molecule has 16 heteroatoms. The fourth-order valence-electron chi connectivity index (χ4n) is 7.08. The molecule has 52 heavy (non-hydrogen) atoms. The molecule has 4 heterocycles. The van der Waals surface area contributed by atoms with Crippen LogP contribution in [0, 0.1) is 0 Å². The number of carbonyl (C=O) groups excluding carboxylic acids is 3. The van der Waals surface area contributed by atoms with Crippen LogP contribution in [0.15, 0.2) is 41.3 Å². The molecule has 3 aromatic rings. The van der Waals surface area contributed by atoms with Crippen molar-refractivity contribution in [2.45, 2.75) is 88.3 Å². The van der Waals surface area contributed by atoms with Gasteiger partial charge in [-0.15, -0.1) is 0 Å². The number of benzene rings is 2. The lowest BCUT2D eigenvalue weighted by atomic mass is 9.88. The van der Waals surface area contributed by atoms with E-state index in [1.165, 1.54) is 26.9 Å². The minimum absolute atomic E-state index is 0.0680. The van der Waals surface area contributed by atoms with E-state index in [1.807, 2.05) is 13.1 Å². The first kappa shape index (κ1) is 37.8. The summed E-state index contributed by atoms with van der Waals surface area (Å²) in [6.07, 6.45) is 2.60. The number of aryl methyl sites for hydroxylation is 1. The zero-order valence-corrected chi connectivity index (χ0v) is 31.9. The minimum atomic E-state index is -3.80. The van der Waals surface area contributed by atoms with Crippen molar-refractivity contribution in [3.05, 3.63) is 47.0 Å². The Balaban J connectivity index is 1.01. The van der Waals surface area contributed by atoms with Gasteiger partial charge in [0.2, 0.25) is 15.9 Å². The normalized spacial score (nSPS) is 19.5. The number of hydrogen-bond acceptors (Lipinski definition) is 9. The smallest absolute Gasteiger partial charge is 0.407 e. The van der Waals surface area contributed by atoms with Crippen molar-refractivity contribution in [2.24, 2.45) is 7.05 Å². The number of nitrogens with zero attached hydrogens (tertiary/aromatic N) is 5. The van der Waals surface area contributed by atoms with Crippen molar-refractivity contribution < 1.29 is 32.3 Å². The van der Waals surface area contributed by atoms with Gasteiger partial charge in [-0.3, -0.25) is 24.6 Å². The minimum Gasteiger partial charge on any atom is -0.490 e. The summed E-state index contributed by atoms with van der Waals surface area (Å²) in [6, 6.07) is 10.3. The van der Waals surface area contributed by atoms with Crippen LogP contribution in [0.25, 0.3) is 10.9 Å². The molecule has 0 bridgehead atoms. The standard InChI is InChI=1S/C36H48ClN7O7S/c1-23(22-50-31-21-27(7-9-29(31)37)52(48,49)43-17-12-26(13-18-43)38-35(47)51-36(2,3)4)42-15-10-24(11-16-42)25-6-8-28-30(20-25)41(5)40-33(28)44-19-14-32(45)39-34(44)46/h6-9,20-21,23-24,26H,10-19,22H2,1-5H3,(H,38,47)(H,39,45,46). The van der Waals surface area contributed by atoms with Gasteiger partial charge in [-0.25, -0.2) is 18.0 Å². The van der Waals surface area contributed by atoms with Gasteiger partial charge in [0.1, 0.15) is 18.0 Å². The van der Waals surface area contributed by atoms with Crippen molar-refractivity contribution in [2.75, 3.05) is 44.2 Å². The van der Waals surface area contributed by atoms with Crippen LogP contribution in [-0.2, 0) is 26.6 Å². The first-order chi connectivity index (χ1) is 24.6. The molecular formula is C36H48ClN7O7S. The highest BCUT2D eigenvalue weighted by molar-refractivity contribution is 7.89. The van der Waals surface area contributed by atoms with Gasteiger partial charge in [-0.05, 0) is 102 Å². The molecule has 3 saturated heterocycles. The summed E-state index contributed by atoms with van der Waals surface area (Å²) < 4.78 is 41.8. The maximum Gasteiger partial charge on any atom is 0.407 e. The molecule has 4 amide bonds. The summed E-state index contributed by atoms with van der Waals surface area (Å²) in [6.45, 7) is 10.4. The van der Waals surface area contributed by atoms with Gasteiger partial charge in [0.05, 0.1) is 15.4 Å². The number of hydrogen-bond donors (Lipinski definition) is 2. The molecule has 0 aliphatic carbocycles. The number of anilines is 1. The number of sulfonamides is 1. The predicted molar refractivity (Wildman–Crippen MR) is 197 cm³/mol. The number of ether oxygens (including phenoxy) is 2. The summed E-state index contributed by atoms with van der Waals surface area (Å²) in [5, 5.41) is 11.0. The van der Waals surface area contributed by atoms with Crippen LogP contribution in [0.2, 0.25) is 5.02 Å². The third kappa shape index (κ3) is 8.48. The average molecular weight is 758 g/mol. The Bertz CT molecular complexity index is 1930. The molecule has 6 rings (SSSR count).